The molecule has 1 aromatic rings. The lowest BCUT2D eigenvalue weighted by Gasteiger charge is -2.14. The summed E-state index contributed by atoms with van der Waals surface area (Å²) in [6.45, 7) is 1.11. The van der Waals surface area contributed by atoms with Crippen molar-refractivity contribution in [3.8, 4) is 11.5 Å². The summed E-state index contributed by atoms with van der Waals surface area (Å²) >= 11 is 0. The molecule has 1 rings (SSSR count). The van der Waals surface area contributed by atoms with Gasteiger partial charge in [-0.25, -0.2) is 0 Å². The number of nitrogens with two attached hydrogens (primary N) is 1. The number of benzene rings is 1. The first kappa shape index (κ1) is 12.8. The van der Waals surface area contributed by atoms with E-state index in [0.29, 0.717) is 13.2 Å². The van der Waals surface area contributed by atoms with E-state index in [2.05, 4.69) is 0 Å². The van der Waals surface area contributed by atoms with E-state index in [1.165, 1.54) is 0 Å². The summed E-state index contributed by atoms with van der Waals surface area (Å²) in [7, 11) is 3.28. The molecule has 1 atom stereocenters. The molecule has 90 valence electrons. The Labute approximate surface area is 96.3 Å². The van der Waals surface area contributed by atoms with E-state index in [1.54, 1.807) is 14.2 Å². The first-order chi connectivity index (χ1) is 7.77. The molecule has 0 aliphatic rings. The van der Waals surface area contributed by atoms with Crippen molar-refractivity contribution in [1.82, 2.24) is 0 Å². The minimum absolute atomic E-state index is 0.0233. The van der Waals surface area contributed by atoms with E-state index >= 15 is 0 Å². The minimum atomic E-state index is -0.0233. The van der Waals surface area contributed by atoms with Crippen molar-refractivity contribution in [2.45, 2.75) is 12.5 Å². The first-order valence-electron chi connectivity index (χ1n) is 5.28. The number of methoxy groups -OCH3 is 2. The predicted octanol–water partition coefficient (Wildman–Crippen LogP) is 1.44. The van der Waals surface area contributed by atoms with Crippen molar-refractivity contribution in [2.24, 2.45) is 5.73 Å². The van der Waals surface area contributed by atoms with Crippen LogP contribution in [0.2, 0.25) is 0 Å². The Kier molecular flexibility index (Phi) is 5.67. The van der Waals surface area contributed by atoms with Crippen LogP contribution in [0.15, 0.2) is 24.3 Å². The third-order valence-electron chi connectivity index (χ3n) is 2.21. The zero-order chi connectivity index (χ0) is 11.8. The Hall–Kier alpha value is -1.26. The van der Waals surface area contributed by atoms with Gasteiger partial charge in [-0.05, 0) is 18.6 Å². The topological polar surface area (TPSA) is 53.7 Å². The summed E-state index contributed by atoms with van der Waals surface area (Å²) in [5.41, 5.74) is 5.85. The summed E-state index contributed by atoms with van der Waals surface area (Å²) in [5.74, 6) is 1.44. The molecule has 0 bridgehead atoms. The highest BCUT2D eigenvalue weighted by Crippen LogP contribution is 2.25. The molecule has 0 spiro atoms. The molecule has 1 aromatic carbocycles. The molecule has 0 radical (unpaired) electrons. The Morgan fingerprint density at radius 2 is 1.88 bits per heavy atom. The number of rotatable bonds is 7. The summed E-state index contributed by atoms with van der Waals surface area (Å²) in [6.07, 6.45) is 0.783. The maximum absolute atomic E-state index is 5.85. The lowest BCUT2D eigenvalue weighted by Crippen LogP contribution is -2.29. The monoisotopic (exact) mass is 225 g/mol. The van der Waals surface area contributed by atoms with Crippen LogP contribution in [0.25, 0.3) is 0 Å². The van der Waals surface area contributed by atoms with Gasteiger partial charge >= 0.3 is 0 Å². The van der Waals surface area contributed by atoms with Gasteiger partial charge in [-0.2, -0.15) is 0 Å². The van der Waals surface area contributed by atoms with E-state index in [9.17, 15) is 0 Å². The maximum Gasteiger partial charge on any atom is 0.161 e. The Morgan fingerprint density at radius 1 is 1.19 bits per heavy atom. The van der Waals surface area contributed by atoms with E-state index in [4.69, 9.17) is 19.9 Å². The van der Waals surface area contributed by atoms with E-state index in [-0.39, 0.29) is 6.04 Å². The van der Waals surface area contributed by atoms with Gasteiger partial charge in [0.1, 0.15) is 6.61 Å². The van der Waals surface area contributed by atoms with Crippen LogP contribution in [0.5, 0.6) is 11.5 Å². The van der Waals surface area contributed by atoms with Gasteiger partial charge < -0.3 is 19.9 Å². The fourth-order valence-electron chi connectivity index (χ4n) is 1.29. The first-order valence-corrected chi connectivity index (χ1v) is 5.28. The third-order valence-corrected chi connectivity index (χ3v) is 2.21. The Bertz CT molecular complexity index is 304. The molecule has 4 heteroatoms. The maximum atomic E-state index is 5.85. The van der Waals surface area contributed by atoms with Crippen LogP contribution < -0.4 is 15.2 Å². The second-order valence-electron chi connectivity index (χ2n) is 3.50. The molecular weight excluding hydrogens is 206 g/mol. The molecule has 0 fully saturated rings. The number of hydrogen-bond donors (Lipinski definition) is 1. The van der Waals surface area contributed by atoms with Crippen LogP contribution >= 0.6 is 0 Å². The summed E-state index contributed by atoms with van der Waals surface area (Å²) in [4.78, 5) is 0. The SMILES string of the molecule is COCCC(N)COc1ccccc1OC. The van der Waals surface area contributed by atoms with Gasteiger partial charge in [-0.1, -0.05) is 12.1 Å². The Morgan fingerprint density at radius 3 is 2.50 bits per heavy atom. The molecule has 4 nitrogen and oxygen atoms in total. The fourth-order valence-corrected chi connectivity index (χ4v) is 1.29. The highest BCUT2D eigenvalue weighted by molar-refractivity contribution is 5.39. The van der Waals surface area contributed by atoms with Crippen molar-refractivity contribution in [3.05, 3.63) is 24.3 Å². The molecule has 0 aliphatic heterocycles. The second kappa shape index (κ2) is 7.09. The van der Waals surface area contributed by atoms with Crippen LogP contribution in [-0.2, 0) is 4.74 Å². The third kappa shape index (κ3) is 4.08. The number of para-hydroxylation sites is 2. The Balaban J connectivity index is 2.41. The molecule has 0 saturated carbocycles. The molecule has 2 N–H and O–H groups in total. The van der Waals surface area contributed by atoms with Crippen LogP contribution in [0, 0.1) is 0 Å². The van der Waals surface area contributed by atoms with E-state index in [1.807, 2.05) is 24.3 Å². The van der Waals surface area contributed by atoms with Gasteiger partial charge in [0.25, 0.3) is 0 Å². The van der Waals surface area contributed by atoms with Crippen LogP contribution in [0.3, 0.4) is 0 Å². The van der Waals surface area contributed by atoms with Crippen molar-refractivity contribution in [1.29, 1.82) is 0 Å². The quantitative estimate of drug-likeness (QED) is 0.763. The van der Waals surface area contributed by atoms with Crippen molar-refractivity contribution in [3.63, 3.8) is 0 Å². The highest BCUT2D eigenvalue weighted by Gasteiger charge is 2.06. The average molecular weight is 225 g/mol. The van der Waals surface area contributed by atoms with Crippen LogP contribution in [-0.4, -0.2) is 33.5 Å². The van der Waals surface area contributed by atoms with Crippen LogP contribution in [0.1, 0.15) is 6.42 Å². The summed E-state index contributed by atoms with van der Waals surface area (Å²) in [6, 6.07) is 7.50. The predicted molar refractivity (Wildman–Crippen MR) is 63.0 cm³/mol. The number of hydrogen-bond acceptors (Lipinski definition) is 4. The van der Waals surface area contributed by atoms with Gasteiger partial charge in [0.2, 0.25) is 0 Å². The number of ether oxygens (including phenoxy) is 3. The van der Waals surface area contributed by atoms with Crippen molar-refractivity contribution in [2.75, 3.05) is 27.4 Å². The molecule has 0 amide bonds. The van der Waals surface area contributed by atoms with Gasteiger partial charge in [0.15, 0.2) is 11.5 Å². The van der Waals surface area contributed by atoms with Gasteiger partial charge in [-0.3, -0.25) is 0 Å². The molecular formula is C12H19NO3. The molecule has 0 aromatic heterocycles. The lowest BCUT2D eigenvalue weighted by atomic mass is 10.2. The van der Waals surface area contributed by atoms with E-state index < -0.39 is 0 Å². The van der Waals surface area contributed by atoms with E-state index in [0.717, 1.165) is 17.9 Å². The molecule has 0 heterocycles. The van der Waals surface area contributed by atoms with Crippen molar-refractivity contribution < 1.29 is 14.2 Å². The minimum Gasteiger partial charge on any atom is -0.493 e. The second-order valence-corrected chi connectivity index (χ2v) is 3.50. The average Bonchev–Trinajstić information content (AvgIpc) is 2.34. The largest absolute Gasteiger partial charge is 0.493 e. The zero-order valence-electron chi connectivity index (χ0n) is 9.81. The normalized spacial score (nSPS) is 12.2. The molecule has 0 saturated heterocycles. The zero-order valence-corrected chi connectivity index (χ0v) is 9.81. The molecule has 16 heavy (non-hydrogen) atoms. The summed E-state index contributed by atoms with van der Waals surface area (Å²) in [5, 5.41) is 0. The van der Waals surface area contributed by atoms with Gasteiger partial charge in [0.05, 0.1) is 7.11 Å². The van der Waals surface area contributed by atoms with Crippen LogP contribution in [0.4, 0.5) is 0 Å². The summed E-state index contributed by atoms with van der Waals surface area (Å²) < 4.78 is 15.7. The lowest BCUT2D eigenvalue weighted by molar-refractivity contribution is 0.174. The fraction of sp³-hybridized carbons (Fsp3) is 0.500. The van der Waals surface area contributed by atoms with Gasteiger partial charge in [0, 0.05) is 19.8 Å². The molecule has 1 unspecified atom stereocenters. The standard InChI is InChI=1S/C12H19NO3/c1-14-8-7-10(13)9-16-12-6-4-3-5-11(12)15-2/h3-6,10H,7-9,13H2,1-2H3. The smallest absolute Gasteiger partial charge is 0.161 e. The highest BCUT2D eigenvalue weighted by atomic mass is 16.5. The van der Waals surface area contributed by atoms with Crippen molar-refractivity contribution >= 4 is 0 Å². The molecule has 0 aliphatic carbocycles. The van der Waals surface area contributed by atoms with Gasteiger partial charge in [-0.15, -0.1) is 0 Å².